The fourth-order valence-corrected chi connectivity index (χ4v) is 1.84. The molecule has 0 radical (unpaired) electrons. The molecule has 0 saturated carbocycles. The predicted molar refractivity (Wildman–Crippen MR) is 53.3 cm³/mol. The second-order valence-electron chi connectivity index (χ2n) is 3.88. The van der Waals surface area contributed by atoms with E-state index in [1.165, 1.54) is 13.0 Å². The van der Waals surface area contributed by atoms with E-state index in [1.54, 1.807) is 0 Å². The van der Waals surface area contributed by atoms with Crippen molar-refractivity contribution in [1.82, 2.24) is 10.2 Å². The van der Waals surface area contributed by atoms with E-state index in [1.807, 2.05) is 0 Å². The molecule has 0 bridgehead atoms. The third-order valence-electron chi connectivity index (χ3n) is 2.69. The zero-order valence-corrected chi connectivity index (χ0v) is 8.58. The highest BCUT2D eigenvalue weighted by atomic mass is 15.2. The van der Waals surface area contributed by atoms with Crippen molar-refractivity contribution in [3.05, 3.63) is 0 Å². The molecule has 3 nitrogen and oxygen atoms in total. The van der Waals surface area contributed by atoms with Gasteiger partial charge in [-0.3, -0.25) is 0 Å². The van der Waals surface area contributed by atoms with E-state index in [-0.39, 0.29) is 0 Å². The molecule has 0 amide bonds. The maximum absolute atomic E-state index is 8.59. The molecule has 0 aromatic carbocycles. The highest BCUT2D eigenvalue weighted by Crippen LogP contribution is 2.08. The molecule has 3 heteroatoms. The lowest BCUT2D eigenvalue weighted by atomic mass is 10.1. The number of hydrogen-bond acceptors (Lipinski definition) is 3. The predicted octanol–water partition coefficient (Wildman–Crippen LogP) is 0.972. The molecule has 0 aromatic heterocycles. The molecule has 1 rings (SSSR count). The van der Waals surface area contributed by atoms with Crippen LogP contribution in [0.15, 0.2) is 0 Å². The first-order valence-corrected chi connectivity index (χ1v) is 5.07. The lowest BCUT2D eigenvalue weighted by molar-refractivity contribution is 0.377. The van der Waals surface area contributed by atoms with Crippen LogP contribution in [-0.2, 0) is 0 Å². The number of nitriles is 1. The number of rotatable bonds is 4. The topological polar surface area (TPSA) is 39.1 Å². The summed E-state index contributed by atoms with van der Waals surface area (Å²) in [6.07, 6.45) is 2.91. The Bertz CT molecular complexity index is 185. The lowest BCUT2D eigenvalue weighted by Crippen LogP contribution is -2.39. The van der Waals surface area contributed by atoms with E-state index in [0.717, 1.165) is 13.0 Å². The summed E-state index contributed by atoms with van der Waals surface area (Å²) < 4.78 is 0. The number of likely N-dealkylation sites (tertiary alicyclic amines) is 1. The Kier molecular flexibility index (Phi) is 4.20. The van der Waals surface area contributed by atoms with Crippen LogP contribution in [0.4, 0.5) is 0 Å². The van der Waals surface area contributed by atoms with Gasteiger partial charge in [0.2, 0.25) is 0 Å². The van der Waals surface area contributed by atoms with E-state index < -0.39 is 0 Å². The van der Waals surface area contributed by atoms with Gasteiger partial charge in [0.05, 0.1) is 12.5 Å². The molecule has 0 aromatic rings. The highest BCUT2D eigenvalue weighted by Gasteiger charge is 2.21. The van der Waals surface area contributed by atoms with E-state index >= 15 is 0 Å². The summed E-state index contributed by atoms with van der Waals surface area (Å²) >= 11 is 0. The summed E-state index contributed by atoms with van der Waals surface area (Å²) in [6, 6.07) is 3.22. The Morgan fingerprint density at radius 2 is 2.46 bits per heavy atom. The van der Waals surface area contributed by atoms with Gasteiger partial charge in [-0.15, -0.1) is 0 Å². The Labute approximate surface area is 80.7 Å². The van der Waals surface area contributed by atoms with Gasteiger partial charge < -0.3 is 10.2 Å². The lowest BCUT2D eigenvalue weighted by Gasteiger charge is -2.19. The molecule has 2 unspecified atom stereocenters. The zero-order chi connectivity index (χ0) is 9.68. The van der Waals surface area contributed by atoms with Gasteiger partial charge in [-0.25, -0.2) is 0 Å². The van der Waals surface area contributed by atoms with Crippen LogP contribution in [0.25, 0.3) is 0 Å². The van der Waals surface area contributed by atoms with Gasteiger partial charge in [0.15, 0.2) is 0 Å². The molecule has 2 atom stereocenters. The van der Waals surface area contributed by atoms with Crippen LogP contribution >= 0.6 is 0 Å². The molecule has 1 saturated heterocycles. The van der Waals surface area contributed by atoms with Crippen molar-refractivity contribution >= 4 is 0 Å². The molecular weight excluding hydrogens is 162 g/mol. The van der Waals surface area contributed by atoms with Crippen molar-refractivity contribution < 1.29 is 0 Å². The molecular formula is C10H19N3. The maximum Gasteiger partial charge on any atom is 0.0638 e. The summed E-state index contributed by atoms with van der Waals surface area (Å²) in [5.41, 5.74) is 0. The van der Waals surface area contributed by atoms with Crippen molar-refractivity contribution in [2.75, 3.05) is 20.1 Å². The smallest absolute Gasteiger partial charge is 0.0638 e. The van der Waals surface area contributed by atoms with E-state index in [2.05, 4.69) is 30.3 Å². The van der Waals surface area contributed by atoms with Crippen molar-refractivity contribution in [2.45, 2.75) is 38.3 Å². The Hall–Kier alpha value is -0.590. The minimum Gasteiger partial charge on any atom is -0.309 e. The van der Waals surface area contributed by atoms with Crippen molar-refractivity contribution in [2.24, 2.45) is 0 Å². The maximum atomic E-state index is 8.59. The average molecular weight is 181 g/mol. The van der Waals surface area contributed by atoms with Crippen LogP contribution in [0.3, 0.4) is 0 Å². The third kappa shape index (κ3) is 3.33. The molecule has 0 aliphatic carbocycles. The second kappa shape index (κ2) is 5.21. The monoisotopic (exact) mass is 181 g/mol. The van der Waals surface area contributed by atoms with Crippen molar-refractivity contribution in [3.8, 4) is 6.07 Å². The molecule has 1 N–H and O–H groups in total. The molecule has 1 heterocycles. The standard InChI is InChI=1S/C10H19N3/c1-3-9(4-6-11)12-10-5-7-13(2)8-10/h9-10,12H,3-5,7-8H2,1-2H3. The highest BCUT2D eigenvalue weighted by molar-refractivity contribution is 4.86. The van der Waals surface area contributed by atoms with Gasteiger partial charge in [0, 0.05) is 18.6 Å². The second-order valence-corrected chi connectivity index (χ2v) is 3.88. The first kappa shape index (κ1) is 10.5. The molecule has 1 aliphatic rings. The SMILES string of the molecule is CCC(CC#N)NC1CCN(C)C1. The van der Waals surface area contributed by atoms with Crippen LogP contribution in [-0.4, -0.2) is 37.1 Å². The molecule has 1 fully saturated rings. The van der Waals surface area contributed by atoms with E-state index in [4.69, 9.17) is 5.26 Å². The molecule has 13 heavy (non-hydrogen) atoms. The van der Waals surface area contributed by atoms with Gasteiger partial charge in [0.25, 0.3) is 0 Å². The first-order valence-electron chi connectivity index (χ1n) is 5.07. The number of hydrogen-bond donors (Lipinski definition) is 1. The summed E-state index contributed by atoms with van der Waals surface area (Å²) in [7, 11) is 2.15. The summed E-state index contributed by atoms with van der Waals surface area (Å²) in [6.45, 7) is 4.44. The molecule has 74 valence electrons. The largest absolute Gasteiger partial charge is 0.309 e. The van der Waals surface area contributed by atoms with E-state index in [0.29, 0.717) is 18.5 Å². The summed E-state index contributed by atoms with van der Waals surface area (Å²) in [5.74, 6) is 0. The Morgan fingerprint density at radius 1 is 1.69 bits per heavy atom. The van der Waals surface area contributed by atoms with Crippen molar-refractivity contribution in [1.29, 1.82) is 5.26 Å². The van der Waals surface area contributed by atoms with E-state index in [9.17, 15) is 0 Å². The number of likely N-dealkylation sites (N-methyl/N-ethyl adjacent to an activating group) is 1. The average Bonchev–Trinajstić information content (AvgIpc) is 2.50. The fourth-order valence-electron chi connectivity index (χ4n) is 1.84. The van der Waals surface area contributed by atoms with Gasteiger partial charge in [-0.05, 0) is 26.4 Å². The van der Waals surface area contributed by atoms with Crippen molar-refractivity contribution in [3.63, 3.8) is 0 Å². The minimum atomic E-state index is 0.390. The third-order valence-corrected chi connectivity index (χ3v) is 2.69. The zero-order valence-electron chi connectivity index (χ0n) is 8.58. The van der Waals surface area contributed by atoms with Crippen LogP contribution in [0, 0.1) is 11.3 Å². The summed E-state index contributed by atoms with van der Waals surface area (Å²) in [4.78, 5) is 2.33. The molecule has 0 spiro atoms. The fraction of sp³-hybridized carbons (Fsp3) is 0.900. The Balaban J connectivity index is 2.26. The Morgan fingerprint density at radius 3 is 2.92 bits per heavy atom. The van der Waals surface area contributed by atoms with Gasteiger partial charge in [-0.1, -0.05) is 6.92 Å². The quantitative estimate of drug-likeness (QED) is 0.702. The first-order chi connectivity index (χ1) is 6.26. The number of nitrogens with one attached hydrogen (secondary N) is 1. The van der Waals surface area contributed by atoms with Crippen LogP contribution < -0.4 is 5.32 Å². The normalized spacial score (nSPS) is 25.8. The summed E-state index contributed by atoms with van der Waals surface area (Å²) in [5, 5.41) is 12.1. The molecule has 1 aliphatic heterocycles. The van der Waals surface area contributed by atoms with Crippen LogP contribution in [0.2, 0.25) is 0 Å². The minimum absolute atomic E-state index is 0.390. The number of nitrogens with zero attached hydrogens (tertiary/aromatic N) is 2. The van der Waals surface area contributed by atoms with Gasteiger partial charge in [-0.2, -0.15) is 5.26 Å². The van der Waals surface area contributed by atoms with Gasteiger partial charge >= 0.3 is 0 Å². The van der Waals surface area contributed by atoms with Crippen LogP contribution in [0.5, 0.6) is 0 Å². The van der Waals surface area contributed by atoms with Gasteiger partial charge in [0.1, 0.15) is 0 Å². The van der Waals surface area contributed by atoms with Crippen LogP contribution in [0.1, 0.15) is 26.2 Å².